The standard InChI is InChI=1S/C6H9NO/c8-5-3-6-2-1-4-7-6/h1-2,4,7-8H,3,5H2/i1D,2D,3D2,4D,5D2. The second kappa shape index (κ2) is 2.52. The van der Waals surface area contributed by atoms with Crippen molar-refractivity contribution < 1.29 is 14.7 Å². The van der Waals surface area contributed by atoms with Gasteiger partial charge < -0.3 is 10.1 Å². The topological polar surface area (TPSA) is 36.0 Å². The van der Waals surface area contributed by atoms with E-state index in [1.807, 2.05) is 0 Å². The van der Waals surface area contributed by atoms with Crippen molar-refractivity contribution >= 4 is 0 Å². The highest BCUT2D eigenvalue weighted by atomic mass is 16.3. The van der Waals surface area contributed by atoms with Crippen LogP contribution in [0.15, 0.2) is 18.3 Å². The van der Waals surface area contributed by atoms with Crippen LogP contribution in [0, 0.1) is 0 Å². The molecule has 2 nitrogen and oxygen atoms in total. The molecule has 1 aromatic heterocycles. The van der Waals surface area contributed by atoms with Gasteiger partial charge in [-0.25, -0.2) is 0 Å². The van der Waals surface area contributed by atoms with Crippen LogP contribution in [0.25, 0.3) is 0 Å². The first-order chi connectivity index (χ1) is 6.59. The quantitative estimate of drug-likeness (QED) is 0.584. The fourth-order valence-electron chi connectivity index (χ4n) is 0.337. The van der Waals surface area contributed by atoms with Crippen molar-refractivity contribution in [2.75, 3.05) is 6.56 Å². The van der Waals surface area contributed by atoms with Gasteiger partial charge in [-0.3, -0.25) is 0 Å². The Morgan fingerprint density at radius 1 is 2.00 bits per heavy atom. The Kier molecular flexibility index (Phi) is 0.439. The zero-order valence-electron chi connectivity index (χ0n) is 10.9. The third-order valence-electron chi connectivity index (χ3n) is 0.618. The summed E-state index contributed by atoms with van der Waals surface area (Å²) in [5, 5.41) is 8.96. The molecule has 0 saturated heterocycles. The molecule has 0 amide bonds. The monoisotopic (exact) mass is 118 g/mol. The van der Waals surface area contributed by atoms with Crippen LogP contribution in [0.1, 0.15) is 15.3 Å². The Labute approximate surface area is 58.0 Å². The minimum absolute atomic E-state index is 0.483. The SMILES string of the molecule is [2H]c1[nH]c(C([2H])([2H])C([2H])([2H])O)c([2H])c1[2H]. The molecule has 0 fully saturated rings. The summed E-state index contributed by atoms with van der Waals surface area (Å²) in [5.74, 6) is 0. The Balaban J connectivity index is 3.34. The average Bonchev–Trinajstić information content (AvgIpc) is 2.31. The van der Waals surface area contributed by atoms with E-state index in [4.69, 9.17) is 14.7 Å². The molecular formula is C6H9NO. The van der Waals surface area contributed by atoms with Gasteiger partial charge in [0, 0.05) is 27.5 Å². The summed E-state index contributed by atoms with van der Waals surface area (Å²) in [6, 6.07) is -1.15. The number of hydrogen-bond donors (Lipinski definition) is 2. The number of aryl methyl sites for hydroxylation is 1. The van der Waals surface area contributed by atoms with Crippen molar-refractivity contribution in [2.24, 2.45) is 0 Å². The maximum absolute atomic E-state index is 8.96. The van der Waals surface area contributed by atoms with E-state index in [0.717, 1.165) is 0 Å². The Hall–Kier alpha value is -0.760. The van der Waals surface area contributed by atoms with E-state index in [1.54, 1.807) is 0 Å². The van der Waals surface area contributed by atoms with Crippen LogP contribution in [-0.2, 0) is 6.37 Å². The van der Waals surface area contributed by atoms with Crippen molar-refractivity contribution in [3.05, 3.63) is 24.0 Å². The van der Waals surface area contributed by atoms with E-state index in [1.165, 1.54) is 0 Å². The molecule has 0 aliphatic heterocycles. The zero-order chi connectivity index (χ0) is 12.0. The predicted octanol–water partition coefficient (Wildman–Crippen LogP) is 0.549. The van der Waals surface area contributed by atoms with Crippen LogP contribution in [0.2, 0.25) is 0 Å². The molecule has 0 atom stereocenters. The lowest BCUT2D eigenvalue weighted by Gasteiger charge is -1.87. The number of H-pyrrole nitrogens is 1. The highest BCUT2D eigenvalue weighted by Crippen LogP contribution is 1.92. The molecule has 0 unspecified atom stereocenters. The van der Waals surface area contributed by atoms with Crippen molar-refractivity contribution in [3.8, 4) is 0 Å². The first kappa shape index (κ1) is 1.39. The second-order valence-corrected chi connectivity index (χ2v) is 1.11. The first-order valence-corrected chi connectivity index (χ1v) is 1.97. The molecule has 1 aromatic rings. The van der Waals surface area contributed by atoms with Crippen LogP contribution >= 0.6 is 0 Å². The van der Waals surface area contributed by atoms with Crippen LogP contribution in [-0.4, -0.2) is 16.6 Å². The molecule has 2 heteroatoms. The van der Waals surface area contributed by atoms with Gasteiger partial charge in [-0.2, -0.15) is 0 Å². The minimum atomic E-state index is -3.19. The van der Waals surface area contributed by atoms with Gasteiger partial charge in [0.1, 0.15) is 0 Å². The van der Waals surface area contributed by atoms with Crippen LogP contribution in [0.5, 0.6) is 0 Å². The lowest BCUT2D eigenvalue weighted by molar-refractivity contribution is 0.298. The number of rotatable bonds is 2. The van der Waals surface area contributed by atoms with Gasteiger partial charge in [0.15, 0.2) is 0 Å². The third kappa shape index (κ3) is 1.10. The fourth-order valence-corrected chi connectivity index (χ4v) is 0.337. The van der Waals surface area contributed by atoms with Gasteiger partial charge in [-0.1, -0.05) is 0 Å². The van der Waals surface area contributed by atoms with E-state index in [2.05, 4.69) is 4.98 Å². The smallest absolute Gasteiger partial charge is 0.0815 e. The molecule has 0 aliphatic carbocycles. The lowest BCUT2D eigenvalue weighted by Crippen LogP contribution is -1.88. The third-order valence-corrected chi connectivity index (χ3v) is 0.618. The predicted molar refractivity (Wildman–Crippen MR) is 31.6 cm³/mol. The maximum atomic E-state index is 8.96. The van der Waals surface area contributed by atoms with Crippen LogP contribution in [0.3, 0.4) is 0 Å². The number of nitrogens with one attached hydrogen (secondary N) is 1. The minimum Gasteiger partial charge on any atom is -0.396 e. The molecule has 1 heterocycles. The van der Waals surface area contributed by atoms with Gasteiger partial charge in [-0.05, 0) is 12.1 Å². The van der Waals surface area contributed by atoms with Gasteiger partial charge in [-0.15, -0.1) is 0 Å². The summed E-state index contributed by atoms with van der Waals surface area (Å²) in [6.45, 7) is -3.19. The summed E-state index contributed by atoms with van der Waals surface area (Å²) >= 11 is 0. The molecule has 1 rings (SSSR count). The van der Waals surface area contributed by atoms with Gasteiger partial charge in [0.05, 0.1) is 6.85 Å². The zero-order valence-corrected chi connectivity index (χ0v) is 3.95. The van der Waals surface area contributed by atoms with Crippen LogP contribution in [0.4, 0.5) is 0 Å². The van der Waals surface area contributed by atoms with E-state index < -0.39 is 36.9 Å². The number of hydrogen-bond acceptors (Lipinski definition) is 1. The highest BCUT2D eigenvalue weighted by Gasteiger charge is 1.86. The molecule has 0 radical (unpaired) electrons. The highest BCUT2D eigenvalue weighted by molar-refractivity contribution is 5.03. The van der Waals surface area contributed by atoms with Crippen molar-refractivity contribution in [1.29, 1.82) is 0 Å². The molecule has 0 spiro atoms. The fraction of sp³-hybridized carbons (Fsp3) is 0.333. The molecule has 8 heavy (non-hydrogen) atoms. The Morgan fingerprint density at radius 3 is 3.38 bits per heavy atom. The maximum Gasteiger partial charge on any atom is 0.0815 e. The second-order valence-electron chi connectivity index (χ2n) is 1.11. The summed E-state index contributed by atoms with van der Waals surface area (Å²) in [5.41, 5.74) is -0.606. The summed E-state index contributed by atoms with van der Waals surface area (Å²) < 4.78 is 49.9. The first-order valence-electron chi connectivity index (χ1n) is 5.47. The normalized spacial score (nSPS) is 25.9. The molecule has 0 aromatic carbocycles. The summed E-state index contributed by atoms with van der Waals surface area (Å²) in [7, 11) is 0. The number of aromatic amines is 1. The molecule has 0 aliphatic rings. The Morgan fingerprint density at radius 2 is 2.88 bits per heavy atom. The van der Waals surface area contributed by atoms with Crippen molar-refractivity contribution in [3.63, 3.8) is 0 Å². The van der Waals surface area contributed by atoms with Gasteiger partial charge in [0.2, 0.25) is 0 Å². The van der Waals surface area contributed by atoms with Crippen molar-refractivity contribution in [2.45, 2.75) is 6.37 Å². The molecule has 2 N–H and O–H groups in total. The Bertz CT molecular complexity index is 380. The average molecular weight is 118 g/mol. The van der Waals surface area contributed by atoms with Crippen molar-refractivity contribution in [1.82, 2.24) is 4.98 Å². The number of aliphatic hydroxyl groups is 1. The number of aromatic nitrogens is 1. The van der Waals surface area contributed by atoms with Gasteiger partial charge in [0.25, 0.3) is 0 Å². The summed E-state index contributed by atoms with van der Waals surface area (Å²) in [6.07, 6.45) is -3.35. The van der Waals surface area contributed by atoms with E-state index in [-0.39, 0.29) is 0 Å². The van der Waals surface area contributed by atoms with E-state index in [0.29, 0.717) is 0 Å². The van der Waals surface area contributed by atoms with E-state index in [9.17, 15) is 0 Å². The lowest BCUT2D eigenvalue weighted by atomic mass is 10.3. The largest absolute Gasteiger partial charge is 0.396 e. The van der Waals surface area contributed by atoms with Gasteiger partial charge >= 0.3 is 0 Å². The molecule has 0 saturated carbocycles. The summed E-state index contributed by atoms with van der Waals surface area (Å²) in [4.78, 5) is 2.08. The van der Waals surface area contributed by atoms with Crippen LogP contribution < -0.4 is 0 Å². The van der Waals surface area contributed by atoms with E-state index >= 15 is 0 Å². The molecule has 44 valence electrons. The molecule has 0 bridgehead atoms. The molecular weight excluding hydrogens is 102 g/mol.